The van der Waals surface area contributed by atoms with E-state index in [4.69, 9.17) is 18.6 Å². The van der Waals surface area contributed by atoms with Crippen molar-refractivity contribution in [3.8, 4) is 11.5 Å². The van der Waals surface area contributed by atoms with E-state index in [-0.39, 0.29) is 25.1 Å². The SMILES string of the molecule is CCOC(=O)N/N=C1\CCCc2oc(C(=O)NCc3ccc4c(c3)OCO4)c(C)c21. The molecule has 9 nitrogen and oxygen atoms in total. The van der Waals surface area contributed by atoms with Crippen LogP contribution in [-0.2, 0) is 17.7 Å². The maximum atomic E-state index is 12.8. The predicted molar refractivity (Wildman–Crippen MR) is 107 cm³/mol. The van der Waals surface area contributed by atoms with Crippen LogP contribution in [0.3, 0.4) is 0 Å². The van der Waals surface area contributed by atoms with Gasteiger partial charge in [-0.15, -0.1) is 0 Å². The minimum atomic E-state index is -0.611. The molecule has 0 saturated carbocycles. The van der Waals surface area contributed by atoms with Gasteiger partial charge in [-0.3, -0.25) is 4.79 Å². The molecule has 2 heterocycles. The highest BCUT2D eigenvalue weighted by Crippen LogP contribution is 2.33. The third-order valence-electron chi connectivity index (χ3n) is 4.98. The number of aryl methyl sites for hydroxylation is 1. The fourth-order valence-electron chi connectivity index (χ4n) is 3.59. The van der Waals surface area contributed by atoms with Crippen LogP contribution >= 0.6 is 0 Å². The van der Waals surface area contributed by atoms with Crippen LogP contribution in [-0.4, -0.2) is 31.1 Å². The molecule has 0 fully saturated rings. The highest BCUT2D eigenvalue weighted by molar-refractivity contribution is 6.06. The first-order valence-electron chi connectivity index (χ1n) is 9.85. The zero-order valence-corrected chi connectivity index (χ0v) is 16.9. The molecule has 1 aromatic heterocycles. The van der Waals surface area contributed by atoms with Crippen LogP contribution < -0.4 is 20.2 Å². The lowest BCUT2D eigenvalue weighted by Crippen LogP contribution is -2.24. The number of rotatable bonds is 5. The van der Waals surface area contributed by atoms with Gasteiger partial charge in [-0.05, 0) is 44.4 Å². The van der Waals surface area contributed by atoms with Crippen LogP contribution in [0.25, 0.3) is 0 Å². The van der Waals surface area contributed by atoms with Crippen molar-refractivity contribution in [3.05, 3.63) is 46.4 Å². The van der Waals surface area contributed by atoms with E-state index in [1.54, 1.807) is 6.92 Å². The number of benzene rings is 1. The van der Waals surface area contributed by atoms with Gasteiger partial charge in [0.15, 0.2) is 17.3 Å². The molecule has 2 aromatic rings. The first kappa shape index (κ1) is 19.8. The van der Waals surface area contributed by atoms with Crippen LogP contribution in [0.15, 0.2) is 27.7 Å². The average Bonchev–Trinajstić information content (AvgIpc) is 3.35. The zero-order chi connectivity index (χ0) is 21.1. The number of nitrogens with zero attached hydrogens (tertiary/aromatic N) is 1. The monoisotopic (exact) mass is 413 g/mol. The molecule has 1 aliphatic carbocycles. The van der Waals surface area contributed by atoms with Crippen molar-refractivity contribution in [1.82, 2.24) is 10.7 Å². The Kier molecular flexibility index (Phi) is 5.60. The van der Waals surface area contributed by atoms with E-state index in [1.165, 1.54) is 0 Å². The van der Waals surface area contributed by atoms with Crippen molar-refractivity contribution in [2.45, 2.75) is 39.7 Å². The van der Waals surface area contributed by atoms with Crippen molar-refractivity contribution >= 4 is 17.7 Å². The summed E-state index contributed by atoms with van der Waals surface area (Å²) in [5, 5.41) is 7.06. The molecule has 1 aliphatic heterocycles. The van der Waals surface area contributed by atoms with Gasteiger partial charge in [0.1, 0.15) is 5.76 Å². The normalized spacial score (nSPS) is 15.6. The molecule has 9 heteroatoms. The van der Waals surface area contributed by atoms with Crippen molar-refractivity contribution < 1.29 is 28.2 Å². The fourth-order valence-corrected chi connectivity index (χ4v) is 3.59. The van der Waals surface area contributed by atoms with Crippen LogP contribution in [0.5, 0.6) is 11.5 Å². The highest BCUT2D eigenvalue weighted by Gasteiger charge is 2.28. The largest absolute Gasteiger partial charge is 0.455 e. The molecule has 0 unspecified atom stereocenters. The first-order chi connectivity index (χ1) is 14.6. The minimum absolute atomic E-state index is 0.206. The molecule has 158 valence electrons. The number of hydrogen-bond acceptors (Lipinski definition) is 7. The number of fused-ring (bicyclic) bond motifs is 2. The van der Waals surface area contributed by atoms with Crippen molar-refractivity contribution in [3.63, 3.8) is 0 Å². The number of carbonyl (C=O) groups excluding carboxylic acids is 2. The summed E-state index contributed by atoms with van der Waals surface area (Å²) in [6.07, 6.45) is 1.60. The molecule has 1 aromatic carbocycles. The van der Waals surface area contributed by atoms with E-state index >= 15 is 0 Å². The topological polar surface area (TPSA) is 111 Å². The van der Waals surface area contributed by atoms with Gasteiger partial charge in [0.2, 0.25) is 6.79 Å². The number of carbonyl (C=O) groups is 2. The smallest absolute Gasteiger partial charge is 0.427 e. The molecule has 30 heavy (non-hydrogen) atoms. The second kappa shape index (κ2) is 8.48. The highest BCUT2D eigenvalue weighted by atomic mass is 16.7. The van der Waals surface area contributed by atoms with Crippen LogP contribution in [0, 0.1) is 6.92 Å². The lowest BCUT2D eigenvalue weighted by Gasteiger charge is -2.13. The summed E-state index contributed by atoms with van der Waals surface area (Å²) in [5.74, 6) is 2.02. The van der Waals surface area contributed by atoms with E-state index in [1.807, 2.05) is 25.1 Å². The Hall–Kier alpha value is -3.49. The molecule has 0 radical (unpaired) electrons. The molecule has 0 bridgehead atoms. The molecule has 0 atom stereocenters. The van der Waals surface area contributed by atoms with Crippen LogP contribution in [0.1, 0.15) is 52.8 Å². The molecule has 2 aliphatic rings. The molecule has 2 N–H and O–H groups in total. The standard InChI is InChI=1S/C21H23N3O6/c1-3-27-21(26)24-23-14-5-4-6-16-18(14)12(2)19(30-16)20(25)22-10-13-7-8-15-17(9-13)29-11-28-15/h7-9H,3-6,10-11H2,1-2H3,(H,22,25)(H,24,26)/b23-14+. The first-order valence-corrected chi connectivity index (χ1v) is 9.85. The summed E-state index contributed by atoms with van der Waals surface area (Å²) in [4.78, 5) is 24.3. The number of ether oxygens (including phenoxy) is 3. The van der Waals surface area contributed by atoms with Gasteiger partial charge in [-0.25, -0.2) is 10.2 Å². The maximum absolute atomic E-state index is 12.8. The lowest BCUT2D eigenvalue weighted by molar-refractivity contribution is 0.0920. The van der Waals surface area contributed by atoms with Gasteiger partial charge in [0.25, 0.3) is 5.91 Å². The number of amides is 2. The van der Waals surface area contributed by atoms with Gasteiger partial charge in [-0.2, -0.15) is 5.10 Å². The average molecular weight is 413 g/mol. The van der Waals surface area contributed by atoms with Crippen LogP contribution in [0.2, 0.25) is 0 Å². The summed E-state index contributed by atoms with van der Waals surface area (Å²) in [6.45, 7) is 4.34. The van der Waals surface area contributed by atoms with E-state index in [0.717, 1.165) is 17.5 Å². The number of hydrogen-bond donors (Lipinski definition) is 2. The third kappa shape index (κ3) is 3.96. The van der Waals surface area contributed by atoms with Gasteiger partial charge >= 0.3 is 6.09 Å². The Balaban J connectivity index is 1.48. The Morgan fingerprint density at radius 1 is 1.20 bits per heavy atom. The van der Waals surface area contributed by atoms with E-state index in [2.05, 4.69) is 15.8 Å². The number of nitrogens with one attached hydrogen (secondary N) is 2. The Bertz CT molecular complexity index is 1010. The molecule has 4 rings (SSSR count). The van der Waals surface area contributed by atoms with Gasteiger partial charge in [-0.1, -0.05) is 6.07 Å². The number of hydrazone groups is 1. The fraction of sp³-hybridized carbons (Fsp3) is 0.381. The van der Waals surface area contributed by atoms with E-state index < -0.39 is 6.09 Å². The Morgan fingerprint density at radius 2 is 2.03 bits per heavy atom. The Morgan fingerprint density at radius 3 is 2.87 bits per heavy atom. The zero-order valence-electron chi connectivity index (χ0n) is 16.9. The summed E-state index contributed by atoms with van der Waals surface area (Å²) in [7, 11) is 0. The Labute approximate surface area is 173 Å². The molecule has 0 saturated heterocycles. The predicted octanol–water partition coefficient (Wildman–Crippen LogP) is 3.03. The summed E-state index contributed by atoms with van der Waals surface area (Å²) < 4.78 is 21.4. The number of furan rings is 1. The van der Waals surface area contributed by atoms with Gasteiger partial charge < -0.3 is 23.9 Å². The van der Waals surface area contributed by atoms with Gasteiger partial charge in [0.05, 0.1) is 12.3 Å². The summed E-state index contributed by atoms with van der Waals surface area (Å²) >= 11 is 0. The second-order valence-corrected chi connectivity index (χ2v) is 6.97. The van der Waals surface area contributed by atoms with E-state index in [0.29, 0.717) is 47.9 Å². The van der Waals surface area contributed by atoms with Crippen molar-refractivity contribution in [1.29, 1.82) is 0 Å². The van der Waals surface area contributed by atoms with E-state index in [9.17, 15) is 9.59 Å². The molecular formula is C21H23N3O6. The second-order valence-electron chi connectivity index (χ2n) is 6.97. The van der Waals surface area contributed by atoms with Crippen molar-refractivity contribution in [2.24, 2.45) is 5.10 Å². The minimum Gasteiger partial charge on any atom is -0.455 e. The molecular weight excluding hydrogens is 390 g/mol. The molecule has 2 amide bonds. The van der Waals surface area contributed by atoms with Crippen molar-refractivity contribution in [2.75, 3.05) is 13.4 Å². The summed E-state index contributed by atoms with van der Waals surface area (Å²) in [5.41, 5.74) is 5.45. The third-order valence-corrected chi connectivity index (χ3v) is 4.98. The molecule has 0 spiro atoms. The summed E-state index contributed by atoms with van der Waals surface area (Å²) in [6, 6.07) is 5.54. The maximum Gasteiger partial charge on any atom is 0.427 e. The quantitative estimate of drug-likeness (QED) is 0.729. The van der Waals surface area contributed by atoms with Crippen LogP contribution in [0.4, 0.5) is 4.79 Å². The lowest BCUT2D eigenvalue weighted by atomic mass is 9.93. The van der Waals surface area contributed by atoms with Gasteiger partial charge in [0, 0.05) is 24.1 Å².